The lowest BCUT2D eigenvalue weighted by Gasteiger charge is -2.15. The summed E-state index contributed by atoms with van der Waals surface area (Å²) in [7, 11) is 0. The van der Waals surface area contributed by atoms with Gasteiger partial charge in [0.2, 0.25) is 0 Å². The maximum Gasteiger partial charge on any atom is 0.314 e. The number of hydrogen-bond acceptors (Lipinski definition) is 3. The summed E-state index contributed by atoms with van der Waals surface area (Å²) in [6, 6.07) is 13.8. The third-order valence-corrected chi connectivity index (χ3v) is 3.05. The topological polar surface area (TPSA) is 66.8 Å². The van der Waals surface area contributed by atoms with E-state index >= 15 is 0 Å². The summed E-state index contributed by atoms with van der Waals surface area (Å²) in [6.45, 7) is 1.93. The number of carboxylic acids is 1. The number of ether oxygens (including phenoxy) is 1. The van der Waals surface area contributed by atoms with Crippen LogP contribution in [0, 0.1) is 6.92 Å². The average Bonchev–Trinajstić information content (AvgIpc) is 2.42. The summed E-state index contributed by atoms with van der Waals surface area (Å²) in [5.74, 6) is -1.36. The van der Waals surface area contributed by atoms with Gasteiger partial charge in [-0.25, -0.2) is 0 Å². The molecule has 0 saturated heterocycles. The number of aromatic hydroxyl groups is 1. The fraction of sp³-hybridized carbons (Fsp3) is 0.188. The molecule has 2 N–H and O–H groups in total. The summed E-state index contributed by atoms with van der Waals surface area (Å²) in [5.41, 5.74) is 1.46. The van der Waals surface area contributed by atoms with Gasteiger partial charge in [0.15, 0.2) is 0 Å². The Morgan fingerprint density at radius 1 is 1.15 bits per heavy atom. The molecule has 2 aromatic rings. The number of hydrogen-bond donors (Lipinski definition) is 2. The second-order valence-electron chi connectivity index (χ2n) is 4.57. The van der Waals surface area contributed by atoms with Crippen LogP contribution >= 0.6 is 0 Å². The van der Waals surface area contributed by atoms with Gasteiger partial charge in [0.1, 0.15) is 24.0 Å². The van der Waals surface area contributed by atoms with Crippen LogP contribution in [0.25, 0.3) is 0 Å². The molecule has 0 aliphatic heterocycles. The highest BCUT2D eigenvalue weighted by Gasteiger charge is 2.23. The SMILES string of the molecule is Cc1ccc(OCC(C(=O)O)c2ccccc2O)cc1. The molecule has 20 heavy (non-hydrogen) atoms. The van der Waals surface area contributed by atoms with E-state index < -0.39 is 11.9 Å². The maximum atomic E-state index is 11.3. The lowest BCUT2D eigenvalue weighted by Crippen LogP contribution is -2.19. The van der Waals surface area contributed by atoms with E-state index in [9.17, 15) is 15.0 Å². The molecule has 0 aliphatic rings. The fourth-order valence-electron chi connectivity index (χ4n) is 1.89. The average molecular weight is 272 g/mol. The Labute approximate surface area is 117 Å². The van der Waals surface area contributed by atoms with Crippen molar-refractivity contribution < 1.29 is 19.7 Å². The van der Waals surface area contributed by atoms with Gasteiger partial charge in [0.25, 0.3) is 0 Å². The number of aliphatic carboxylic acids is 1. The number of rotatable bonds is 5. The highest BCUT2D eigenvalue weighted by atomic mass is 16.5. The number of benzene rings is 2. The van der Waals surface area contributed by atoms with Gasteiger partial charge in [-0.3, -0.25) is 4.79 Å². The van der Waals surface area contributed by atoms with Crippen LogP contribution in [0.5, 0.6) is 11.5 Å². The monoisotopic (exact) mass is 272 g/mol. The van der Waals surface area contributed by atoms with Gasteiger partial charge in [0, 0.05) is 5.56 Å². The highest BCUT2D eigenvalue weighted by Crippen LogP contribution is 2.26. The Balaban J connectivity index is 2.13. The lowest BCUT2D eigenvalue weighted by atomic mass is 9.99. The number of carboxylic acid groups (broad SMARTS) is 1. The van der Waals surface area contributed by atoms with E-state index in [1.807, 2.05) is 19.1 Å². The smallest absolute Gasteiger partial charge is 0.314 e. The summed E-state index contributed by atoms with van der Waals surface area (Å²) in [6.07, 6.45) is 0. The fourth-order valence-corrected chi connectivity index (χ4v) is 1.89. The molecule has 0 aliphatic carbocycles. The van der Waals surface area contributed by atoms with Gasteiger partial charge in [-0.1, -0.05) is 35.9 Å². The molecule has 4 nitrogen and oxygen atoms in total. The number of aryl methyl sites for hydroxylation is 1. The lowest BCUT2D eigenvalue weighted by molar-refractivity contribution is -0.139. The Hall–Kier alpha value is -2.49. The predicted molar refractivity (Wildman–Crippen MR) is 75.2 cm³/mol. The number of carbonyl (C=O) groups is 1. The Bertz CT molecular complexity index is 590. The molecule has 2 aromatic carbocycles. The minimum absolute atomic E-state index is 0.0318. The van der Waals surface area contributed by atoms with Crippen LogP contribution in [-0.4, -0.2) is 22.8 Å². The van der Waals surface area contributed by atoms with Crippen LogP contribution < -0.4 is 4.74 Å². The molecule has 1 atom stereocenters. The first-order valence-electron chi connectivity index (χ1n) is 6.28. The Morgan fingerprint density at radius 3 is 2.40 bits per heavy atom. The van der Waals surface area contributed by atoms with Gasteiger partial charge < -0.3 is 14.9 Å². The molecule has 0 amide bonds. The van der Waals surface area contributed by atoms with Crippen molar-refractivity contribution in [1.29, 1.82) is 0 Å². The maximum absolute atomic E-state index is 11.3. The third kappa shape index (κ3) is 3.29. The first-order valence-corrected chi connectivity index (χ1v) is 6.28. The quantitative estimate of drug-likeness (QED) is 0.878. The molecule has 1 unspecified atom stereocenters. The van der Waals surface area contributed by atoms with E-state index in [0.29, 0.717) is 11.3 Å². The zero-order valence-corrected chi connectivity index (χ0v) is 11.1. The van der Waals surface area contributed by atoms with Gasteiger partial charge >= 0.3 is 5.97 Å². The zero-order chi connectivity index (χ0) is 14.5. The molecule has 0 spiro atoms. The van der Waals surface area contributed by atoms with Crippen molar-refractivity contribution in [3.63, 3.8) is 0 Å². The van der Waals surface area contributed by atoms with Crippen LogP contribution in [0.4, 0.5) is 0 Å². The van der Waals surface area contributed by atoms with Crippen molar-refractivity contribution in [3.05, 3.63) is 59.7 Å². The minimum Gasteiger partial charge on any atom is -0.508 e. The van der Waals surface area contributed by atoms with Gasteiger partial charge in [-0.15, -0.1) is 0 Å². The first kappa shape index (κ1) is 13.9. The molecular weight excluding hydrogens is 256 g/mol. The van der Waals surface area contributed by atoms with Crippen molar-refractivity contribution in [2.45, 2.75) is 12.8 Å². The summed E-state index contributed by atoms with van der Waals surface area (Å²) < 4.78 is 5.50. The molecule has 2 rings (SSSR count). The number of phenols is 1. The molecule has 0 aromatic heterocycles. The molecule has 104 valence electrons. The van der Waals surface area contributed by atoms with Crippen molar-refractivity contribution in [2.75, 3.05) is 6.61 Å². The van der Waals surface area contributed by atoms with Crippen molar-refractivity contribution in [3.8, 4) is 11.5 Å². The normalized spacial score (nSPS) is 11.8. The van der Waals surface area contributed by atoms with Crippen LogP contribution in [0.3, 0.4) is 0 Å². The summed E-state index contributed by atoms with van der Waals surface area (Å²) in [4.78, 5) is 11.3. The standard InChI is InChI=1S/C16H16O4/c1-11-6-8-12(9-7-11)20-10-14(16(18)19)13-4-2-3-5-15(13)17/h2-9,14,17H,10H2,1H3,(H,18,19). The van der Waals surface area contributed by atoms with E-state index in [-0.39, 0.29) is 12.4 Å². The number of para-hydroxylation sites is 1. The second-order valence-corrected chi connectivity index (χ2v) is 4.57. The molecule has 4 heteroatoms. The van der Waals surface area contributed by atoms with E-state index in [2.05, 4.69) is 0 Å². The zero-order valence-electron chi connectivity index (χ0n) is 11.1. The molecular formula is C16H16O4. The third-order valence-electron chi connectivity index (χ3n) is 3.05. The summed E-state index contributed by atoms with van der Waals surface area (Å²) in [5, 5.41) is 19.0. The highest BCUT2D eigenvalue weighted by molar-refractivity contribution is 5.77. The number of phenolic OH excluding ortho intramolecular Hbond substituents is 1. The van der Waals surface area contributed by atoms with Gasteiger partial charge in [0.05, 0.1) is 0 Å². The minimum atomic E-state index is -1.03. The van der Waals surface area contributed by atoms with E-state index in [1.165, 1.54) is 6.07 Å². The molecule has 0 fully saturated rings. The van der Waals surface area contributed by atoms with Gasteiger partial charge in [-0.2, -0.15) is 0 Å². The van der Waals surface area contributed by atoms with Crippen LogP contribution in [0.1, 0.15) is 17.0 Å². The van der Waals surface area contributed by atoms with Crippen molar-refractivity contribution >= 4 is 5.97 Å². The van der Waals surface area contributed by atoms with E-state index in [0.717, 1.165) is 5.56 Å². The molecule has 0 bridgehead atoms. The summed E-state index contributed by atoms with van der Waals surface area (Å²) >= 11 is 0. The second kappa shape index (κ2) is 6.10. The van der Waals surface area contributed by atoms with Crippen LogP contribution in [-0.2, 0) is 4.79 Å². The van der Waals surface area contributed by atoms with E-state index in [4.69, 9.17) is 4.74 Å². The Morgan fingerprint density at radius 2 is 1.80 bits per heavy atom. The van der Waals surface area contributed by atoms with Crippen LogP contribution in [0.15, 0.2) is 48.5 Å². The van der Waals surface area contributed by atoms with Crippen LogP contribution in [0.2, 0.25) is 0 Å². The Kier molecular flexibility index (Phi) is 4.25. The molecule has 0 heterocycles. The van der Waals surface area contributed by atoms with Crippen molar-refractivity contribution in [1.82, 2.24) is 0 Å². The predicted octanol–water partition coefficient (Wildman–Crippen LogP) is 2.95. The molecule has 0 saturated carbocycles. The van der Waals surface area contributed by atoms with E-state index in [1.54, 1.807) is 30.3 Å². The first-order chi connectivity index (χ1) is 9.58. The largest absolute Gasteiger partial charge is 0.508 e. The van der Waals surface area contributed by atoms with Crippen molar-refractivity contribution in [2.24, 2.45) is 0 Å². The molecule has 0 radical (unpaired) electrons. The van der Waals surface area contributed by atoms with Gasteiger partial charge in [-0.05, 0) is 25.1 Å².